The molecule has 1 atom stereocenters. The number of alkyl carbamates (subject to hydrolysis) is 1. The van der Waals surface area contributed by atoms with Crippen molar-refractivity contribution in [3.05, 3.63) is 35.9 Å². The fourth-order valence-electron chi connectivity index (χ4n) is 3.14. The lowest BCUT2D eigenvalue weighted by molar-refractivity contribution is 0.123. The largest absolute Gasteiger partial charge is 0.465 e. The third-order valence-corrected chi connectivity index (χ3v) is 4.47. The average molecular weight is 363 g/mol. The van der Waals surface area contributed by atoms with Crippen LogP contribution < -0.4 is 10.6 Å². The van der Waals surface area contributed by atoms with Crippen LogP contribution in [0.15, 0.2) is 30.3 Å². The van der Waals surface area contributed by atoms with Gasteiger partial charge in [-0.2, -0.15) is 0 Å². The molecular weight excluding hydrogens is 334 g/mol. The predicted molar refractivity (Wildman–Crippen MR) is 99.1 cm³/mol. The molecule has 1 heterocycles. The van der Waals surface area contributed by atoms with Gasteiger partial charge >= 0.3 is 12.2 Å². The molecule has 1 aromatic carbocycles. The zero-order valence-electron chi connectivity index (χ0n) is 15.2. The van der Waals surface area contributed by atoms with Crippen LogP contribution in [0.4, 0.5) is 9.59 Å². The summed E-state index contributed by atoms with van der Waals surface area (Å²) < 4.78 is 5.29. The van der Waals surface area contributed by atoms with E-state index in [1.54, 1.807) is 0 Å². The van der Waals surface area contributed by atoms with Gasteiger partial charge in [0.1, 0.15) is 6.61 Å². The molecule has 7 nitrogen and oxygen atoms in total. The maximum atomic E-state index is 12.0. The van der Waals surface area contributed by atoms with Crippen molar-refractivity contribution in [2.24, 2.45) is 0 Å². The third-order valence-electron chi connectivity index (χ3n) is 4.47. The lowest BCUT2D eigenvalue weighted by Gasteiger charge is -2.32. The lowest BCUT2D eigenvalue weighted by atomic mass is 10.1. The molecular formula is C19H29N3O4. The zero-order chi connectivity index (χ0) is 18.6. The number of hydrogen-bond donors (Lipinski definition) is 3. The average Bonchev–Trinajstić information content (AvgIpc) is 2.64. The van der Waals surface area contributed by atoms with Crippen molar-refractivity contribution in [3.8, 4) is 0 Å². The van der Waals surface area contributed by atoms with Crippen LogP contribution in [0.25, 0.3) is 0 Å². The number of hydrogen-bond acceptors (Lipinski definition) is 4. The minimum Gasteiger partial charge on any atom is -0.465 e. The van der Waals surface area contributed by atoms with E-state index >= 15 is 0 Å². The Hall–Kier alpha value is -2.28. The van der Waals surface area contributed by atoms with Gasteiger partial charge in [0, 0.05) is 19.1 Å². The highest BCUT2D eigenvalue weighted by molar-refractivity contribution is 5.67. The van der Waals surface area contributed by atoms with Crippen LogP contribution in [0.3, 0.4) is 0 Å². The Bertz CT molecular complexity index is 553. The normalized spacial score (nSPS) is 17.5. The molecule has 26 heavy (non-hydrogen) atoms. The summed E-state index contributed by atoms with van der Waals surface area (Å²) in [6.07, 6.45) is 3.59. The molecule has 1 aromatic rings. The molecule has 1 fully saturated rings. The number of carboxylic acid groups (broad SMARTS) is 1. The number of piperidine rings is 1. The van der Waals surface area contributed by atoms with Crippen molar-refractivity contribution < 1.29 is 19.4 Å². The molecule has 0 saturated carbocycles. The smallest absolute Gasteiger partial charge is 0.407 e. The zero-order valence-corrected chi connectivity index (χ0v) is 15.2. The van der Waals surface area contributed by atoms with Gasteiger partial charge in [0.05, 0.1) is 0 Å². The maximum Gasteiger partial charge on any atom is 0.407 e. The van der Waals surface area contributed by atoms with E-state index in [0.29, 0.717) is 6.54 Å². The second kappa shape index (κ2) is 11.4. The highest BCUT2D eigenvalue weighted by Gasteiger charge is 2.21. The van der Waals surface area contributed by atoms with E-state index in [1.165, 1.54) is 0 Å². The van der Waals surface area contributed by atoms with Gasteiger partial charge < -0.3 is 25.4 Å². The van der Waals surface area contributed by atoms with E-state index in [4.69, 9.17) is 9.84 Å². The van der Waals surface area contributed by atoms with Crippen molar-refractivity contribution in [2.45, 2.75) is 44.8 Å². The molecule has 0 unspecified atom stereocenters. The van der Waals surface area contributed by atoms with Crippen LogP contribution in [0, 0.1) is 0 Å². The summed E-state index contributed by atoms with van der Waals surface area (Å²) >= 11 is 0. The first kappa shape index (κ1) is 20.0. The first-order chi connectivity index (χ1) is 12.6. The van der Waals surface area contributed by atoms with Crippen molar-refractivity contribution in [1.82, 2.24) is 15.5 Å². The summed E-state index contributed by atoms with van der Waals surface area (Å²) in [4.78, 5) is 24.7. The Morgan fingerprint density at radius 1 is 1.19 bits per heavy atom. The molecule has 2 amide bonds. The van der Waals surface area contributed by atoms with E-state index in [2.05, 4.69) is 15.5 Å². The number of nitrogens with zero attached hydrogens (tertiary/aromatic N) is 1. The summed E-state index contributed by atoms with van der Waals surface area (Å²) in [7, 11) is 0. The van der Waals surface area contributed by atoms with Crippen molar-refractivity contribution in [2.75, 3.05) is 26.2 Å². The monoisotopic (exact) mass is 363 g/mol. The highest BCUT2D eigenvalue weighted by atomic mass is 16.5. The molecule has 1 aliphatic rings. The van der Waals surface area contributed by atoms with Gasteiger partial charge in [-0.25, -0.2) is 9.59 Å². The molecule has 0 aromatic heterocycles. The number of amides is 2. The molecule has 0 bridgehead atoms. The summed E-state index contributed by atoms with van der Waals surface area (Å²) in [5.74, 6) is 0. The third kappa shape index (κ3) is 8.20. The van der Waals surface area contributed by atoms with Crippen LogP contribution in [-0.4, -0.2) is 54.4 Å². The second-order valence-electron chi connectivity index (χ2n) is 6.64. The number of rotatable bonds is 9. The number of likely N-dealkylation sites (tertiary alicyclic amines) is 1. The van der Waals surface area contributed by atoms with Gasteiger partial charge in [-0.15, -0.1) is 0 Å². The summed E-state index contributed by atoms with van der Waals surface area (Å²) in [6.45, 7) is 3.66. The minimum absolute atomic E-state index is 0.126. The standard InChI is InChI=1S/C19H29N3O4/c23-18(24)20-11-5-2-6-12-22-13-7-10-17(14-22)21-19(25)26-15-16-8-3-1-4-9-16/h1,3-4,8-9,17,20H,2,5-7,10-15H2,(H,21,25)(H,23,24)/t17-/m0/s1. The Labute approximate surface area is 154 Å². The van der Waals surface area contributed by atoms with Crippen LogP contribution in [0.5, 0.6) is 0 Å². The molecule has 0 aliphatic carbocycles. The van der Waals surface area contributed by atoms with Crippen molar-refractivity contribution in [3.63, 3.8) is 0 Å². The molecule has 2 rings (SSSR count). The number of unbranched alkanes of at least 4 members (excludes halogenated alkanes) is 2. The molecule has 3 N–H and O–H groups in total. The fourth-order valence-corrected chi connectivity index (χ4v) is 3.14. The van der Waals surface area contributed by atoms with Gasteiger partial charge in [-0.1, -0.05) is 36.8 Å². The van der Waals surface area contributed by atoms with E-state index in [-0.39, 0.29) is 18.7 Å². The number of carbonyl (C=O) groups is 2. The van der Waals surface area contributed by atoms with Crippen molar-refractivity contribution >= 4 is 12.2 Å². The summed E-state index contributed by atoms with van der Waals surface area (Å²) in [5, 5.41) is 13.9. The van der Waals surface area contributed by atoms with Crippen LogP contribution in [0.2, 0.25) is 0 Å². The topological polar surface area (TPSA) is 90.9 Å². The maximum absolute atomic E-state index is 12.0. The van der Waals surface area contributed by atoms with Crippen LogP contribution in [0.1, 0.15) is 37.7 Å². The van der Waals surface area contributed by atoms with E-state index in [0.717, 1.165) is 57.3 Å². The number of benzene rings is 1. The van der Waals surface area contributed by atoms with Gasteiger partial charge in [0.15, 0.2) is 0 Å². The first-order valence-corrected chi connectivity index (χ1v) is 9.30. The van der Waals surface area contributed by atoms with Gasteiger partial charge in [-0.05, 0) is 44.3 Å². The Balaban J connectivity index is 1.58. The summed E-state index contributed by atoms with van der Waals surface area (Å²) in [5.41, 5.74) is 0.977. The highest BCUT2D eigenvalue weighted by Crippen LogP contribution is 2.12. The molecule has 144 valence electrons. The van der Waals surface area contributed by atoms with E-state index in [9.17, 15) is 9.59 Å². The van der Waals surface area contributed by atoms with Gasteiger partial charge in [0.25, 0.3) is 0 Å². The quantitative estimate of drug-likeness (QED) is 0.587. The van der Waals surface area contributed by atoms with E-state index in [1.807, 2.05) is 30.3 Å². The van der Waals surface area contributed by atoms with Gasteiger partial charge in [-0.3, -0.25) is 0 Å². The number of ether oxygens (including phenoxy) is 1. The Morgan fingerprint density at radius 2 is 2.00 bits per heavy atom. The summed E-state index contributed by atoms with van der Waals surface area (Å²) in [6, 6.07) is 9.77. The Kier molecular flexibility index (Phi) is 8.75. The van der Waals surface area contributed by atoms with Gasteiger partial charge in [0.2, 0.25) is 0 Å². The molecule has 1 aliphatic heterocycles. The molecule has 0 spiro atoms. The lowest BCUT2D eigenvalue weighted by Crippen LogP contribution is -2.48. The molecule has 1 saturated heterocycles. The SMILES string of the molecule is O=C(O)NCCCCCN1CCC[C@H](NC(=O)OCc2ccccc2)C1. The number of carbonyl (C=O) groups excluding carboxylic acids is 1. The first-order valence-electron chi connectivity index (χ1n) is 9.30. The van der Waals surface area contributed by atoms with E-state index < -0.39 is 6.09 Å². The fraction of sp³-hybridized carbons (Fsp3) is 0.579. The predicted octanol–water partition coefficient (Wildman–Crippen LogP) is 2.82. The number of nitrogens with one attached hydrogen (secondary N) is 2. The minimum atomic E-state index is -0.964. The molecule has 0 radical (unpaired) electrons. The van der Waals surface area contributed by atoms with Crippen LogP contribution >= 0.6 is 0 Å². The second-order valence-corrected chi connectivity index (χ2v) is 6.64. The van der Waals surface area contributed by atoms with Crippen molar-refractivity contribution in [1.29, 1.82) is 0 Å². The van der Waals surface area contributed by atoms with Crippen LogP contribution in [-0.2, 0) is 11.3 Å². The molecule has 7 heteroatoms. The Morgan fingerprint density at radius 3 is 2.77 bits per heavy atom.